The number of nitrogens with zero attached hydrogens (tertiary/aromatic N) is 4. The Hall–Kier alpha value is -0.680. The number of anilines is 1. The van der Waals surface area contributed by atoms with Crippen LogP contribution in [0.3, 0.4) is 0 Å². The summed E-state index contributed by atoms with van der Waals surface area (Å²) in [7, 11) is 0. The molecule has 1 atom stereocenters. The van der Waals surface area contributed by atoms with Crippen molar-refractivity contribution in [3.8, 4) is 0 Å². The molecule has 3 fully saturated rings. The Bertz CT molecular complexity index is 450. The summed E-state index contributed by atoms with van der Waals surface area (Å²) in [5.74, 6) is 1.80. The van der Waals surface area contributed by atoms with Gasteiger partial charge in [-0.05, 0) is 51.6 Å². The van der Waals surface area contributed by atoms with Crippen LogP contribution in [0, 0.1) is 0 Å². The van der Waals surface area contributed by atoms with Crippen molar-refractivity contribution in [1.29, 1.82) is 0 Å². The third kappa shape index (κ3) is 2.70. The molecule has 4 rings (SSSR count). The first-order chi connectivity index (χ1) is 9.90. The van der Waals surface area contributed by atoms with Gasteiger partial charge in [-0.1, -0.05) is 6.42 Å². The van der Waals surface area contributed by atoms with E-state index in [1.165, 1.54) is 76.3 Å². The van der Waals surface area contributed by atoms with Crippen molar-refractivity contribution in [3.05, 3.63) is 5.82 Å². The van der Waals surface area contributed by atoms with Crippen molar-refractivity contribution in [2.45, 2.75) is 56.9 Å². The van der Waals surface area contributed by atoms with Crippen molar-refractivity contribution in [3.63, 3.8) is 0 Å². The van der Waals surface area contributed by atoms with Crippen LogP contribution in [0.15, 0.2) is 0 Å². The molecule has 0 N–H and O–H groups in total. The summed E-state index contributed by atoms with van der Waals surface area (Å²) in [4.78, 5) is 10.0. The number of likely N-dealkylation sites (tertiary alicyclic amines) is 1. The van der Waals surface area contributed by atoms with E-state index in [9.17, 15) is 0 Å². The van der Waals surface area contributed by atoms with E-state index >= 15 is 0 Å². The van der Waals surface area contributed by atoms with Gasteiger partial charge in [0.15, 0.2) is 0 Å². The third-order valence-corrected chi connectivity index (χ3v) is 5.74. The van der Waals surface area contributed by atoms with E-state index in [4.69, 9.17) is 4.98 Å². The second kappa shape index (κ2) is 5.60. The van der Waals surface area contributed by atoms with Gasteiger partial charge >= 0.3 is 0 Å². The summed E-state index contributed by atoms with van der Waals surface area (Å²) in [6.07, 6.45) is 9.42. The second-order valence-electron chi connectivity index (χ2n) is 6.55. The quantitative estimate of drug-likeness (QED) is 0.857. The predicted octanol–water partition coefficient (Wildman–Crippen LogP) is 2.87. The van der Waals surface area contributed by atoms with Crippen LogP contribution in [0.4, 0.5) is 5.13 Å². The topological polar surface area (TPSA) is 32.3 Å². The predicted molar refractivity (Wildman–Crippen MR) is 82.5 cm³/mol. The lowest BCUT2D eigenvalue weighted by Crippen LogP contribution is -2.41. The zero-order valence-electron chi connectivity index (χ0n) is 12.1. The molecular weight excluding hydrogens is 268 g/mol. The van der Waals surface area contributed by atoms with Crippen molar-refractivity contribution in [1.82, 2.24) is 14.3 Å². The standard InChI is InChI=1S/C15H24N4S/c1-2-10-19(11-13(5-1)18-8-3-4-9-18)15-16-14(17-20-15)12-6-7-12/h12-13H,1-11H2/t13-/m0/s1. The Kier molecular flexibility index (Phi) is 3.65. The minimum absolute atomic E-state index is 0.682. The molecule has 0 aromatic carbocycles. The zero-order valence-corrected chi connectivity index (χ0v) is 12.9. The number of hydrogen-bond donors (Lipinski definition) is 0. The van der Waals surface area contributed by atoms with Gasteiger partial charge in [0, 0.05) is 36.6 Å². The normalized spacial score (nSPS) is 28.8. The Balaban J connectivity index is 1.47. The molecule has 20 heavy (non-hydrogen) atoms. The van der Waals surface area contributed by atoms with Gasteiger partial charge < -0.3 is 4.90 Å². The van der Waals surface area contributed by atoms with Crippen LogP contribution in [-0.4, -0.2) is 46.5 Å². The molecule has 3 heterocycles. The Morgan fingerprint density at radius 1 is 0.950 bits per heavy atom. The van der Waals surface area contributed by atoms with Gasteiger partial charge in [-0.25, -0.2) is 4.98 Å². The highest BCUT2D eigenvalue weighted by Crippen LogP contribution is 2.40. The first-order valence-corrected chi connectivity index (χ1v) is 9.00. The molecule has 0 spiro atoms. The maximum absolute atomic E-state index is 4.81. The Labute approximate surface area is 125 Å². The summed E-state index contributed by atoms with van der Waals surface area (Å²) < 4.78 is 4.58. The smallest absolute Gasteiger partial charge is 0.205 e. The highest BCUT2D eigenvalue weighted by molar-refractivity contribution is 7.09. The molecule has 1 aliphatic carbocycles. The molecule has 1 aromatic rings. The van der Waals surface area contributed by atoms with E-state index in [0.717, 1.165) is 11.9 Å². The van der Waals surface area contributed by atoms with Crippen LogP contribution in [0.1, 0.15) is 56.7 Å². The first kappa shape index (κ1) is 13.0. The molecule has 0 amide bonds. The largest absolute Gasteiger partial charge is 0.345 e. The minimum Gasteiger partial charge on any atom is -0.345 e. The summed E-state index contributed by atoms with van der Waals surface area (Å²) in [6, 6.07) is 0.744. The molecule has 3 aliphatic rings. The number of rotatable bonds is 3. The SMILES string of the molecule is C1CCN(c2nc(C3CC3)ns2)C[C@@H](N2CCCC2)C1. The molecule has 5 heteroatoms. The van der Waals surface area contributed by atoms with Crippen LogP contribution in [0.25, 0.3) is 0 Å². The van der Waals surface area contributed by atoms with E-state index in [0.29, 0.717) is 5.92 Å². The molecule has 1 aromatic heterocycles. The first-order valence-electron chi connectivity index (χ1n) is 8.23. The zero-order chi connectivity index (χ0) is 13.4. The van der Waals surface area contributed by atoms with E-state index in [2.05, 4.69) is 14.2 Å². The van der Waals surface area contributed by atoms with Crippen molar-refractivity contribution >= 4 is 16.7 Å². The van der Waals surface area contributed by atoms with Gasteiger partial charge in [-0.2, -0.15) is 4.37 Å². The molecule has 110 valence electrons. The van der Waals surface area contributed by atoms with Gasteiger partial charge in [0.2, 0.25) is 5.13 Å². The lowest BCUT2D eigenvalue weighted by atomic mass is 10.1. The van der Waals surface area contributed by atoms with Crippen LogP contribution >= 0.6 is 11.5 Å². The van der Waals surface area contributed by atoms with Gasteiger partial charge in [-0.3, -0.25) is 4.90 Å². The lowest BCUT2D eigenvalue weighted by Gasteiger charge is -2.30. The van der Waals surface area contributed by atoms with Crippen molar-refractivity contribution in [2.75, 3.05) is 31.1 Å². The van der Waals surface area contributed by atoms with Gasteiger partial charge in [0.05, 0.1) is 0 Å². The monoisotopic (exact) mass is 292 g/mol. The highest BCUT2D eigenvalue weighted by Gasteiger charge is 2.30. The second-order valence-corrected chi connectivity index (χ2v) is 7.28. The minimum atomic E-state index is 0.682. The maximum Gasteiger partial charge on any atom is 0.205 e. The van der Waals surface area contributed by atoms with Gasteiger partial charge in [0.1, 0.15) is 5.82 Å². The summed E-state index contributed by atoms with van der Waals surface area (Å²) in [5.41, 5.74) is 0. The van der Waals surface area contributed by atoms with Gasteiger partial charge in [0.25, 0.3) is 0 Å². The molecular formula is C15H24N4S. The van der Waals surface area contributed by atoms with E-state index < -0.39 is 0 Å². The van der Waals surface area contributed by atoms with E-state index in [1.54, 1.807) is 11.5 Å². The molecule has 2 aliphatic heterocycles. The molecule has 0 unspecified atom stereocenters. The molecule has 0 bridgehead atoms. The van der Waals surface area contributed by atoms with Crippen LogP contribution in [0.2, 0.25) is 0 Å². The van der Waals surface area contributed by atoms with Crippen LogP contribution < -0.4 is 4.90 Å². The number of aromatic nitrogens is 2. The fourth-order valence-electron chi connectivity index (χ4n) is 3.56. The fourth-order valence-corrected chi connectivity index (χ4v) is 4.34. The van der Waals surface area contributed by atoms with Crippen LogP contribution in [-0.2, 0) is 0 Å². The van der Waals surface area contributed by atoms with Crippen molar-refractivity contribution in [2.24, 2.45) is 0 Å². The average Bonchev–Trinajstić information content (AvgIpc) is 3.05. The summed E-state index contributed by atoms with van der Waals surface area (Å²) >= 11 is 1.62. The van der Waals surface area contributed by atoms with Gasteiger partial charge in [-0.15, -0.1) is 0 Å². The summed E-state index contributed by atoms with van der Waals surface area (Å²) in [5, 5.41) is 1.18. The number of hydrogen-bond acceptors (Lipinski definition) is 5. The van der Waals surface area contributed by atoms with E-state index in [-0.39, 0.29) is 0 Å². The fraction of sp³-hybridized carbons (Fsp3) is 0.867. The highest BCUT2D eigenvalue weighted by atomic mass is 32.1. The van der Waals surface area contributed by atoms with Crippen LogP contribution in [0.5, 0.6) is 0 Å². The third-order valence-electron chi connectivity index (χ3n) is 4.95. The molecule has 0 radical (unpaired) electrons. The maximum atomic E-state index is 4.81. The summed E-state index contributed by atoms with van der Waals surface area (Å²) in [6.45, 7) is 4.95. The Morgan fingerprint density at radius 3 is 2.55 bits per heavy atom. The average molecular weight is 292 g/mol. The Morgan fingerprint density at radius 2 is 1.75 bits per heavy atom. The molecule has 4 nitrogen and oxygen atoms in total. The van der Waals surface area contributed by atoms with E-state index in [1.807, 2.05) is 0 Å². The van der Waals surface area contributed by atoms with Crippen molar-refractivity contribution < 1.29 is 0 Å². The molecule has 1 saturated carbocycles. The molecule has 2 saturated heterocycles. The lowest BCUT2D eigenvalue weighted by molar-refractivity contribution is 0.236.